The summed E-state index contributed by atoms with van der Waals surface area (Å²) in [5, 5.41) is 3.37. The SMILES string of the molecule is Cc1nc(COCC2CCCNC2)co1. The van der Waals surface area contributed by atoms with Gasteiger partial charge in [0.2, 0.25) is 0 Å². The van der Waals surface area contributed by atoms with Crippen LogP contribution < -0.4 is 5.32 Å². The molecule has 1 aliphatic heterocycles. The van der Waals surface area contributed by atoms with Crippen LogP contribution in [-0.4, -0.2) is 24.7 Å². The molecule has 0 saturated carbocycles. The molecule has 1 unspecified atom stereocenters. The van der Waals surface area contributed by atoms with Gasteiger partial charge in [-0.2, -0.15) is 0 Å². The van der Waals surface area contributed by atoms with Gasteiger partial charge in [0.1, 0.15) is 12.0 Å². The van der Waals surface area contributed by atoms with E-state index in [4.69, 9.17) is 9.15 Å². The summed E-state index contributed by atoms with van der Waals surface area (Å²) in [6.45, 7) is 5.46. The molecule has 2 rings (SSSR count). The van der Waals surface area contributed by atoms with Crippen LogP contribution in [-0.2, 0) is 11.3 Å². The fourth-order valence-corrected chi connectivity index (χ4v) is 1.87. The number of nitrogens with one attached hydrogen (secondary N) is 1. The summed E-state index contributed by atoms with van der Waals surface area (Å²) in [7, 11) is 0. The lowest BCUT2D eigenvalue weighted by molar-refractivity contribution is 0.0763. The molecule has 0 bridgehead atoms. The van der Waals surface area contributed by atoms with Gasteiger partial charge in [0.15, 0.2) is 5.89 Å². The number of hydrogen-bond donors (Lipinski definition) is 1. The molecule has 0 aliphatic carbocycles. The molecule has 1 fully saturated rings. The molecule has 1 aliphatic rings. The van der Waals surface area contributed by atoms with Gasteiger partial charge in [-0.1, -0.05) is 0 Å². The Morgan fingerprint density at radius 2 is 2.60 bits per heavy atom. The van der Waals surface area contributed by atoms with Crippen molar-refractivity contribution in [2.45, 2.75) is 26.4 Å². The van der Waals surface area contributed by atoms with Crippen LogP contribution in [0.2, 0.25) is 0 Å². The van der Waals surface area contributed by atoms with E-state index in [-0.39, 0.29) is 0 Å². The van der Waals surface area contributed by atoms with Crippen molar-refractivity contribution < 1.29 is 9.15 Å². The van der Waals surface area contributed by atoms with Gasteiger partial charge < -0.3 is 14.5 Å². The van der Waals surface area contributed by atoms with Gasteiger partial charge in [0, 0.05) is 13.5 Å². The molecule has 1 N–H and O–H groups in total. The van der Waals surface area contributed by atoms with Crippen molar-refractivity contribution in [1.82, 2.24) is 10.3 Å². The van der Waals surface area contributed by atoms with Gasteiger partial charge >= 0.3 is 0 Å². The van der Waals surface area contributed by atoms with E-state index in [9.17, 15) is 0 Å². The van der Waals surface area contributed by atoms with Crippen molar-refractivity contribution in [3.05, 3.63) is 17.8 Å². The largest absolute Gasteiger partial charge is 0.449 e. The van der Waals surface area contributed by atoms with Crippen molar-refractivity contribution >= 4 is 0 Å². The number of rotatable bonds is 4. The number of aromatic nitrogens is 1. The predicted molar refractivity (Wildman–Crippen MR) is 56.5 cm³/mol. The lowest BCUT2D eigenvalue weighted by Crippen LogP contribution is -2.32. The fraction of sp³-hybridized carbons (Fsp3) is 0.727. The van der Waals surface area contributed by atoms with Crippen molar-refractivity contribution in [3.63, 3.8) is 0 Å². The zero-order valence-electron chi connectivity index (χ0n) is 9.16. The lowest BCUT2D eigenvalue weighted by atomic mass is 10.0. The average Bonchev–Trinajstić information content (AvgIpc) is 2.66. The molecule has 1 atom stereocenters. The Hall–Kier alpha value is -0.870. The van der Waals surface area contributed by atoms with Gasteiger partial charge in [0.05, 0.1) is 13.2 Å². The van der Waals surface area contributed by atoms with Crippen LogP contribution in [0.25, 0.3) is 0 Å². The van der Waals surface area contributed by atoms with Crippen molar-refractivity contribution in [2.24, 2.45) is 5.92 Å². The molecular formula is C11H18N2O2. The van der Waals surface area contributed by atoms with Crippen LogP contribution in [0.15, 0.2) is 10.7 Å². The third-order valence-electron chi connectivity index (χ3n) is 2.67. The molecule has 15 heavy (non-hydrogen) atoms. The first-order chi connectivity index (χ1) is 7.34. The van der Waals surface area contributed by atoms with E-state index in [0.29, 0.717) is 18.4 Å². The van der Waals surface area contributed by atoms with Crippen molar-refractivity contribution in [2.75, 3.05) is 19.7 Å². The molecule has 1 aromatic rings. The molecule has 0 aromatic carbocycles. The van der Waals surface area contributed by atoms with Crippen LogP contribution in [0.3, 0.4) is 0 Å². The Kier molecular flexibility index (Phi) is 3.75. The van der Waals surface area contributed by atoms with E-state index in [0.717, 1.165) is 25.4 Å². The van der Waals surface area contributed by atoms with Crippen molar-refractivity contribution in [1.29, 1.82) is 0 Å². The highest BCUT2D eigenvalue weighted by atomic mass is 16.5. The van der Waals surface area contributed by atoms with Gasteiger partial charge in [-0.05, 0) is 25.3 Å². The molecule has 1 saturated heterocycles. The number of piperidine rings is 1. The van der Waals surface area contributed by atoms with E-state index >= 15 is 0 Å². The number of oxazole rings is 1. The molecule has 4 nitrogen and oxygen atoms in total. The maximum absolute atomic E-state index is 5.61. The second-order valence-corrected chi connectivity index (χ2v) is 4.09. The van der Waals surface area contributed by atoms with Crippen LogP contribution in [0, 0.1) is 12.8 Å². The molecule has 0 spiro atoms. The number of nitrogens with zero attached hydrogens (tertiary/aromatic N) is 1. The Balaban J connectivity index is 1.65. The number of aryl methyl sites for hydroxylation is 1. The fourth-order valence-electron chi connectivity index (χ4n) is 1.87. The Morgan fingerprint density at radius 1 is 1.67 bits per heavy atom. The van der Waals surface area contributed by atoms with E-state index in [1.165, 1.54) is 12.8 Å². The molecule has 0 radical (unpaired) electrons. The summed E-state index contributed by atoms with van der Waals surface area (Å²) in [6.07, 6.45) is 4.19. The third kappa shape index (κ3) is 3.32. The minimum Gasteiger partial charge on any atom is -0.449 e. The Morgan fingerprint density at radius 3 is 3.27 bits per heavy atom. The summed E-state index contributed by atoms with van der Waals surface area (Å²) in [6, 6.07) is 0. The maximum Gasteiger partial charge on any atom is 0.191 e. The predicted octanol–water partition coefficient (Wildman–Crippen LogP) is 1.50. The summed E-state index contributed by atoms with van der Waals surface area (Å²) in [4.78, 5) is 4.19. The highest BCUT2D eigenvalue weighted by Gasteiger charge is 2.12. The standard InChI is InChI=1S/C11H18N2O2/c1-9-13-11(8-15-9)7-14-6-10-3-2-4-12-5-10/h8,10,12H,2-7H2,1H3. The molecule has 4 heteroatoms. The smallest absolute Gasteiger partial charge is 0.191 e. The lowest BCUT2D eigenvalue weighted by Gasteiger charge is -2.22. The zero-order chi connectivity index (χ0) is 10.5. The molecule has 2 heterocycles. The summed E-state index contributed by atoms with van der Waals surface area (Å²) < 4.78 is 10.7. The first kappa shape index (κ1) is 10.6. The zero-order valence-corrected chi connectivity index (χ0v) is 9.16. The molecule has 0 amide bonds. The Labute approximate surface area is 90.0 Å². The topological polar surface area (TPSA) is 47.3 Å². The monoisotopic (exact) mass is 210 g/mol. The first-order valence-corrected chi connectivity index (χ1v) is 5.54. The normalized spacial score (nSPS) is 21.8. The minimum absolute atomic E-state index is 0.563. The van der Waals surface area contributed by atoms with E-state index < -0.39 is 0 Å². The van der Waals surface area contributed by atoms with Gasteiger partial charge in [-0.3, -0.25) is 0 Å². The van der Waals surface area contributed by atoms with Crippen LogP contribution >= 0.6 is 0 Å². The third-order valence-corrected chi connectivity index (χ3v) is 2.67. The molecule has 1 aromatic heterocycles. The number of ether oxygens (including phenoxy) is 1. The number of hydrogen-bond acceptors (Lipinski definition) is 4. The van der Waals surface area contributed by atoms with Crippen LogP contribution in [0.5, 0.6) is 0 Å². The second-order valence-electron chi connectivity index (χ2n) is 4.09. The first-order valence-electron chi connectivity index (χ1n) is 5.54. The molecule has 84 valence electrons. The van der Waals surface area contributed by atoms with E-state index in [1.54, 1.807) is 6.26 Å². The highest BCUT2D eigenvalue weighted by Crippen LogP contribution is 2.11. The van der Waals surface area contributed by atoms with Crippen LogP contribution in [0.4, 0.5) is 0 Å². The quantitative estimate of drug-likeness (QED) is 0.818. The summed E-state index contributed by atoms with van der Waals surface area (Å²) >= 11 is 0. The highest BCUT2D eigenvalue weighted by molar-refractivity contribution is 4.92. The van der Waals surface area contributed by atoms with E-state index in [1.807, 2.05) is 6.92 Å². The Bertz CT molecular complexity index is 293. The van der Waals surface area contributed by atoms with E-state index in [2.05, 4.69) is 10.3 Å². The average molecular weight is 210 g/mol. The summed E-state index contributed by atoms with van der Waals surface area (Å²) in [5.41, 5.74) is 0.885. The second kappa shape index (κ2) is 5.28. The van der Waals surface area contributed by atoms with Gasteiger partial charge in [-0.25, -0.2) is 4.98 Å². The minimum atomic E-state index is 0.563. The van der Waals surface area contributed by atoms with Crippen molar-refractivity contribution in [3.8, 4) is 0 Å². The maximum atomic E-state index is 5.61. The summed E-state index contributed by atoms with van der Waals surface area (Å²) in [5.74, 6) is 1.36. The van der Waals surface area contributed by atoms with Gasteiger partial charge in [-0.15, -0.1) is 0 Å². The van der Waals surface area contributed by atoms with Crippen LogP contribution in [0.1, 0.15) is 24.4 Å². The molecular weight excluding hydrogens is 192 g/mol. The van der Waals surface area contributed by atoms with Gasteiger partial charge in [0.25, 0.3) is 0 Å².